The summed E-state index contributed by atoms with van der Waals surface area (Å²) >= 11 is 0.816. The standard InChI is InChI=1S/C18H15N5O6S2/c1-29-18-17(19-10-11-20-18)22-31(27,28)14-6-2-12(3-7-14)21-15(24)8-4-13-5-9-16(30-13)23(25)26/h2-11H,1H3,(H,19,22)(H,21,24)/i2D,3D,6D,7D. The third-order valence-corrected chi connectivity index (χ3v) is 5.61. The molecule has 0 aliphatic rings. The van der Waals surface area contributed by atoms with E-state index in [1.165, 1.54) is 37.7 Å². The van der Waals surface area contributed by atoms with Crippen LogP contribution in [0, 0.1) is 10.1 Å². The van der Waals surface area contributed by atoms with Crippen LogP contribution in [0.25, 0.3) is 6.08 Å². The molecule has 0 saturated carbocycles. The summed E-state index contributed by atoms with van der Waals surface area (Å²) in [6.45, 7) is 0. The average Bonchev–Trinajstić information content (AvgIpc) is 3.29. The maximum absolute atomic E-state index is 12.9. The van der Waals surface area contributed by atoms with Gasteiger partial charge in [0.15, 0.2) is 0 Å². The van der Waals surface area contributed by atoms with Crippen molar-refractivity contribution in [2.75, 3.05) is 17.1 Å². The van der Waals surface area contributed by atoms with Crippen molar-refractivity contribution >= 4 is 49.8 Å². The Morgan fingerprint density at radius 3 is 2.61 bits per heavy atom. The van der Waals surface area contributed by atoms with Crippen molar-refractivity contribution in [1.82, 2.24) is 9.97 Å². The van der Waals surface area contributed by atoms with Crippen molar-refractivity contribution in [3.8, 4) is 5.88 Å². The molecule has 1 amide bonds. The van der Waals surface area contributed by atoms with Gasteiger partial charge in [-0.05, 0) is 36.3 Å². The van der Waals surface area contributed by atoms with Gasteiger partial charge in [0.05, 0.1) is 22.4 Å². The van der Waals surface area contributed by atoms with E-state index in [1.807, 2.05) is 4.72 Å². The van der Waals surface area contributed by atoms with E-state index in [9.17, 15) is 23.3 Å². The zero-order valence-electron chi connectivity index (χ0n) is 19.6. The van der Waals surface area contributed by atoms with E-state index in [0.717, 1.165) is 17.4 Å². The summed E-state index contributed by atoms with van der Waals surface area (Å²) in [4.78, 5) is 29.4. The number of ether oxygens (including phenoxy) is 1. The topological polar surface area (TPSA) is 153 Å². The van der Waals surface area contributed by atoms with E-state index < -0.39 is 55.6 Å². The Morgan fingerprint density at radius 2 is 1.97 bits per heavy atom. The van der Waals surface area contributed by atoms with Crippen molar-refractivity contribution in [2.45, 2.75) is 4.90 Å². The number of carbonyl (C=O) groups is 1. The van der Waals surface area contributed by atoms with Crippen molar-refractivity contribution < 1.29 is 28.4 Å². The number of aromatic nitrogens is 2. The fourth-order valence-corrected chi connectivity index (χ4v) is 3.67. The highest BCUT2D eigenvalue weighted by atomic mass is 32.2. The zero-order chi connectivity index (χ0) is 25.9. The van der Waals surface area contributed by atoms with Crippen LogP contribution in [0.3, 0.4) is 0 Å². The number of sulfonamides is 1. The Balaban J connectivity index is 1.91. The lowest BCUT2D eigenvalue weighted by molar-refractivity contribution is -0.380. The van der Waals surface area contributed by atoms with Crippen LogP contribution in [0.2, 0.25) is 0 Å². The molecule has 0 spiro atoms. The number of amides is 1. The van der Waals surface area contributed by atoms with Crippen LogP contribution in [0.4, 0.5) is 16.5 Å². The second-order valence-electron chi connectivity index (χ2n) is 5.48. The highest BCUT2D eigenvalue weighted by molar-refractivity contribution is 7.92. The van der Waals surface area contributed by atoms with Gasteiger partial charge in [-0.15, -0.1) is 0 Å². The second-order valence-corrected chi connectivity index (χ2v) is 8.19. The van der Waals surface area contributed by atoms with Gasteiger partial charge in [-0.3, -0.25) is 19.6 Å². The molecular formula is C18H15N5O6S2. The molecule has 13 heteroatoms. The molecule has 31 heavy (non-hydrogen) atoms. The molecule has 3 rings (SSSR count). The summed E-state index contributed by atoms with van der Waals surface area (Å²) in [5.41, 5.74) is -0.553. The molecule has 2 aromatic heterocycles. The number of hydrogen-bond donors (Lipinski definition) is 2. The molecule has 0 fully saturated rings. The average molecular weight is 466 g/mol. The SMILES string of the molecule is [2H]c1c([2H])c(S(=O)(=O)Nc2nccnc2OC)c([2H])c([2H])c1NC(=O)C=Cc1ccc([N+](=O)[O-])s1. The number of nitro groups is 1. The molecular weight excluding hydrogens is 446 g/mol. The fourth-order valence-electron chi connectivity index (χ4n) is 2.07. The van der Waals surface area contributed by atoms with Crippen LogP contribution in [0.5, 0.6) is 5.88 Å². The fraction of sp³-hybridized carbons (Fsp3) is 0.0556. The molecule has 3 aromatic rings. The van der Waals surface area contributed by atoms with Gasteiger partial charge >= 0.3 is 5.00 Å². The molecule has 0 radical (unpaired) electrons. The van der Waals surface area contributed by atoms with Gasteiger partial charge in [-0.2, -0.15) is 0 Å². The molecule has 2 heterocycles. The van der Waals surface area contributed by atoms with E-state index in [-0.39, 0.29) is 16.7 Å². The van der Waals surface area contributed by atoms with Gasteiger partial charge in [0.25, 0.3) is 15.9 Å². The molecule has 0 aliphatic heterocycles. The minimum atomic E-state index is -4.68. The Kier molecular flexibility index (Phi) is 5.08. The quantitative estimate of drug-likeness (QED) is 0.292. The maximum Gasteiger partial charge on any atom is 0.324 e. The number of methoxy groups -OCH3 is 1. The number of thiophene rings is 1. The van der Waals surface area contributed by atoms with Crippen LogP contribution in [-0.4, -0.2) is 36.3 Å². The van der Waals surface area contributed by atoms with Crippen molar-refractivity contribution in [1.29, 1.82) is 0 Å². The van der Waals surface area contributed by atoms with E-state index in [1.54, 1.807) is 0 Å². The van der Waals surface area contributed by atoms with Crippen molar-refractivity contribution in [2.24, 2.45) is 0 Å². The van der Waals surface area contributed by atoms with E-state index in [2.05, 4.69) is 15.3 Å². The Labute approximate surface area is 186 Å². The lowest BCUT2D eigenvalue weighted by Crippen LogP contribution is -2.15. The third kappa shape index (κ3) is 5.61. The van der Waals surface area contributed by atoms with Gasteiger partial charge in [0.2, 0.25) is 11.7 Å². The highest BCUT2D eigenvalue weighted by Crippen LogP contribution is 2.25. The van der Waals surface area contributed by atoms with Crippen LogP contribution >= 0.6 is 11.3 Å². The molecule has 160 valence electrons. The zero-order valence-corrected chi connectivity index (χ0v) is 17.2. The molecule has 1 aromatic carbocycles. The number of anilines is 2. The van der Waals surface area contributed by atoms with Gasteiger partial charge in [0, 0.05) is 35.1 Å². The molecule has 0 aliphatic carbocycles. The lowest BCUT2D eigenvalue weighted by Gasteiger charge is -2.10. The first-order chi connectivity index (χ1) is 16.5. The second kappa shape index (κ2) is 9.32. The van der Waals surface area contributed by atoms with E-state index >= 15 is 0 Å². The minimum absolute atomic E-state index is 0.130. The number of nitrogens with zero attached hydrogens (tertiary/aromatic N) is 3. The van der Waals surface area contributed by atoms with Gasteiger partial charge < -0.3 is 10.1 Å². The van der Waals surface area contributed by atoms with Crippen molar-refractivity contribution in [3.05, 3.63) is 69.8 Å². The summed E-state index contributed by atoms with van der Waals surface area (Å²) < 4.78 is 65.1. The smallest absolute Gasteiger partial charge is 0.324 e. The number of nitrogens with one attached hydrogen (secondary N) is 2. The third-order valence-electron chi connectivity index (χ3n) is 3.40. The van der Waals surface area contributed by atoms with E-state index in [4.69, 9.17) is 10.2 Å². The normalized spacial score (nSPS) is 13.1. The summed E-state index contributed by atoms with van der Waals surface area (Å²) in [6, 6.07) is -0.823. The van der Waals surface area contributed by atoms with Gasteiger partial charge in [-0.1, -0.05) is 11.3 Å². The van der Waals surface area contributed by atoms with Gasteiger partial charge in [-0.25, -0.2) is 18.4 Å². The number of rotatable bonds is 8. The summed E-state index contributed by atoms with van der Waals surface area (Å²) in [5.74, 6) is -1.37. The minimum Gasteiger partial charge on any atom is -0.478 e. The first-order valence-corrected chi connectivity index (χ1v) is 10.5. The molecule has 0 saturated heterocycles. The van der Waals surface area contributed by atoms with Crippen LogP contribution in [0.15, 0.2) is 59.7 Å². The Hall–Kier alpha value is -3.84. The van der Waals surface area contributed by atoms with Crippen LogP contribution < -0.4 is 14.8 Å². The number of benzene rings is 1. The van der Waals surface area contributed by atoms with Crippen molar-refractivity contribution in [3.63, 3.8) is 0 Å². The Bertz CT molecular complexity index is 1430. The van der Waals surface area contributed by atoms with Crippen LogP contribution in [0.1, 0.15) is 10.4 Å². The molecule has 0 bridgehead atoms. The molecule has 11 nitrogen and oxygen atoms in total. The Morgan fingerprint density at radius 1 is 1.26 bits per heavy atom. The lowest BCUT2D eigenvalue weighted by atomic mass is 10.3. The molecule has 0 unspecified atom stereocenters. The predicted octanol–water partition coefficient (Wildman–Crippen LogP) is 2.91. The number of carbonyl (C=O) groups excluding carboxylic acids is 1. The first-order valence-electron chi connectivity index (χ1n) is 10.2. The summed E-state index contributed by atoms with van der Waals surface area (Å²) in [6.07, 6.45) is 4.67. The maximum atomic E-state index is 12.9. The van der Waals surface area contributed by atoms with E-state index in [0.29, 0.717) is 4.88 Å². The van der Waals surface area contributed by atoms with Gasteiger partial charge in [0.1, 0.15) is 0 Å². The highest BCUT2D eigenvalue weighted by Gasteiger charge is 2.18. The largest absolute Gasteiger partial charge is 0.478 e. The monoisotopic (exact) mass is 465 g/mol. The predicted molar refractivity (Wildman–Crippen MR) is 114 cm³/mol. The number of hydrogen-bond acceptors (Lipinski definition) is 9. The molecule has 2 N–H and O–H groups in total. The molecule has 0 atom stereocenters. The summed E-state index contributed by atoms with van der Waals surface area (Å²) in [7, 11) is -3.45. The van der Waals surface area contributed by atoms with Crippen LogP contribution in [-0.2, 0) is 14.8 Å². The summed E-state index contributed by atoms with van der Waals surface area (Å²) in [5, 5.41) is 12.8. The first kappa shape index (κ1) is 16.9.